The number of rotatable bonds is 6. The molecular formula is C10H14ClN3O3. The van der Waals surface area contributed by atoms with Crippen LogP contribution >= 0.6 is 11.6 Å². The zero-order valence-corrected chi connectivity index (χ0v) is 10.2. The molecule has 1 aromatic rings. The molecular weight excluding hydrogens is 246 g/mol. The molecule has 2 N–H and O–H groups in total. The molecule has 0 aromatic carbocycles. The van der Waals surface area contributed by atoms with Gasteiger partial charge in [0.25, 0.3) is 5.56 Å². The number of halogens is 1. The van der Waals surface area contributed by atoms with Crippen LogP contribution in [0.5, 0.6) is 0 Å². The Morgan fingerprint density at radius 3 is 3.12 bits per heavy atom. The fraction of sp³-hybridized carbons (Fsp3) is 0.500. The molecule has 0 saturated heterocycles. The third-order valence-electron chi connectivity index (χ3n) is 1.97. The van der Waals surface area contributed by atoms with Gasteiger partial charge in [-0.25, -0.2) is 5.10 Å². The second-order valence-electron chi connectivity index (χ2n) is 3.26. The van der Waals surface area contributed by atoms with Gasteiger partial charge >= 0.3 is 5.97 Å². The molecule has 0 amide bonds. The Hall–Kier alpha value is -1.56. The zero-order valence-electron chi connectivity index (χ0n) is 9.46. The van der Waals surface area contributed by atoms with Crippen LogP contribution in [0.1, 0.15) is 19.8 Å². The van der Waals surface area contributed by atoms with E-state index in [9.17, 15) is 9.59 Å². The van der Waals surface area contributed by atoms with Crippen molar-refractivity contribution in [2.24, 2.45) is 0 Å². The van der Waals surface area contributed by atoms with E-state index in [1.54, 1.807) is 6.92 Å². The van der Waals surface area contributed by atoms with Gasteiger partial charge in [-0.2, -0.15) is 5.10 Å². The van der Waals surface area contributed by atoms with E-state index in [0.29, 0.717) is 31.7 Å². The highest BCUT2D eigenvalue weighted by molar-refractivity contribution is 6.32. The van der Waals surface area contributed by atoms with E-state index in [2.05, 4.69) is 15.5 Å². The van der Waals surface area contributed by atoms with Crippen molar-refractivity contribution in [2.75, 3.05) is 18.5 Å². The fourth-order valence-electron chi connectivity index (χ4n) is 1.20. The third kappa shape index (κ3) is 4.44. The van der Waals surface area contributed by atoms with Crippen LogP contribution in [0.25, 0.3) is 0 Å². The molecule has 94 valence electrons. The Labute approximate surface area is 103 Å². The summed E-state index contributed by atoms with van der Waals surface area (Å²) in [5, 5.41) is 8.82. The number of nitrogens with one attached hydrogen (secondary N) is 2. The summed E-state index contributed by atoms with van der Waals surface area (Å²) in [5.41, 5.74) is 0.0151. The topological polar surface area (TPSA) is 84.1 Å². The van der Waals surface area contributed by atoms with Crippen LogP contribution in [0, 0.1) is 0 Å². The summed E-state index contributed by atoms with van der Waals surface area (Å²) < 4.78 is 4.78. The number of hydrogen-bond acceptors (Lipinski definition) is 5. The predicted molar refractivity (Wildman–Crippen MR) is 64.2 cm³/mol. The number of H-pyrrole nitrogens is 1. The molecule has 0 bridgehead atoms. The first-order valence-electron chi connectivity index (χ1n) is 5.27. The number of hydrogen-bond donors (Lipinski definition) is 2. The molecule has 1 aromatic heterocycles. The van der Waals surface area contributed by atoms with Crippen LogP contribution in [-0.2, 0) is 9.53 Å². The number of anilines is 1. The molecule has 17 heavy (non-hydrogen) atoms. The van der Waals surface area contributed by atoms with Crippen LogP contribution in [0.3, 0.4) is 0 Å². The maximum Gasteiger partial charge on any atom is 0.305 e. The van der Waals surface area contributed by atoms with Crippen LogP contribution in [0.2, 0.25) is 5.02 Å². The van der Waals surface area contributed by atoms with Crippen LogP contribution in [0.4, 0.5) is 5.69 Å². The van der Waals surface area contributed by atoms with Crippen molar-refractivity contribution < 1.29 is 9.53 Å². The fourth-order valence-corrected chi connectivity index (χ4v) is 1.35. The van der Waals surface area contributed by atoms with Crippen molar-refractivity contribution >= 4 is 23.3 Å². The van der Waals surface area contributed by atoms with Crippen molar-refractivity contribution in [2.45, 2.75) is 19.8 Å². The molecule has 0 aliphatic carbocycles. The Balaban J connectivity index is 2.34. The van der Waals surface area contributed by atoms with E-state index < -0.39 is 5.56 Å². The summed E-state index contributed by atoms with van der Waals surface area (Å²) in [7, 11) is 0. The highest BCUT2D eigenvalue weighted by Crippen LogP contribution is 2.14. The lowest BCUT2D eigenvalue weighted by Crippen LogP contribution is -2.13. The molecule has 0 aliphatic rings. The molecule has 6 nitrogen and oxygen atoms in total. The lowest BCUT2D eigenvalue weighted by atomic mass is 10.3. The molecule has 1 heterocycles. The second kappa shape index (κ2) is 6.90. The quantitative estimate of drug-likeness (QED) is 0.592. The van der Waals surface area contributed by atoms with Crippen LogP contribution in [0.15, 0.2) is 11.0 Å². The normalized spacial score (nSPS) is 10.0. The standard InChI is InChI=1S/C10H14ClN3O3/c1-2-17-8(15)4-3-5-12-7-6-13-14-10(16)9(7)11/h6H,2-5H2,1H3,(H2,12,14,16). The molecule has 0 atom stereocenters. The largest absolute Gasteiger partial charge is 0.466 e. The molecule has 0 fully saturated rings. The Bertz CT molecular complexity index is 433. The van der Waals surface area contributed by atoms with Gasteiger partial charge in [0.1, 0.15) is 5.02 Å². The Morgan fingerprint density at radius 2 is 2.41 bits per heavy atom. The van der Waals surface area contributed by atoms with Crippen LogP contribution in [-0.4, -0.2) is 29.3 Å². The van der Waals surface area contributed by atoms with E-state index in [1.807, 2.05) is 0 Å². The summed E-state index contributed by atoms with van der Waals surface area (Å²) in [6.07, 6.45) is 2.35. The number of carbonyl (C=O) groups is 1. The average molecular weight is 260 g/mol. The molecule has 0 saturated carbocycles. The SMILES string of the molecule is CCOC(=O)CCCNc1cn[nH]c(=O)c1Cl. The van der Waals surface area contributed by atoms with E-state index in [4.69, 9.17) is 16.3 Å². The first-order valence-corrected chi connectivity index (χ1v) is 5.65. The first-order chi connectivity index (χ1) is 8.15. The highest BCUT2D eigenvalue weighted by atomic mass is 35.5. The van der Waals surface area contributed by atoms with E-state index in [-0.39, 0.29) is 11.0 Å². The number of nitrogens with zero attached hydrogens (tertiary/aromatic N) is 1. The maximum atomic E-state index is 11.1. The predicted octanol–water partition coefficient (Wildman–Crippen LogP) is 1.18. The van der Waals surface area contributed by atoms with Gasteiger partial charge in [-0.15, -0.1) is 0 Å². The Morgan fingerprint density at radius 1 is 1.65 bits per heavy atom. The third-order valence-corrected chi connectivity index (χ3v) is 2.35. The molecule has 0 aliphatic heterocycles. The maximum absolute atomic E-state index is 11.1. The number of esters is 1. The van der Waals surface area contributed by atoms with E-state index in [1.165, 1.54) is 6.20 Å². The number of ether oxygens (including phenoxy) is 1. The summed E-state index contributed by atoms with van der Waals surface area (Å²) in [6, 6.07) is 0. The van der Waals surface area contributed by atoms with Gasteiger partial charge in [-0.1, -0.05) is 11.6 Å². The lowest BCUT2D eigenvalue weighted by Gasteiger charge is -2.06. The first kappa shape index (κ1) is 13.5. The summed E-state index contributed by atoms with van der Waals surface area (Å²) in [5.74, 6) is -0.232. The van der Waals surface area contributed by atoms with Crippen molar-refractivity contribution in [1.29, 1.82) is 0 Å². The van der Waals surface area contributed by atoms with Crippen LogP contribution < -0.4 is 10.9 Å². The van der Waals surface area contributed by atoms with Gasteiger partial charge in [0, 0.05) is 13.0 Å². The molecule has 0 unspecified atom stereocenters. The molecule has 1 rings (SSSR count). The summed E-state index contributed by atoms with van der Waals surface area (Å²) in [4.78, 5) is 22.1. The average Bonchev–Trinajstić information content (AvgIpc) is 2.30. The lowest BCUT2D eigenvalue weighted by molar-refractivity contribution is -0.143. The van der Waals surface area contributed by atoms with Gasteiger partial charge < -0.3 is 10.1 Å². The minimum absolute atomic E-state index is 0.0659. The number of aromatic amines is 1. The molecule has 0 spiro atoms. The van der Waals surface area contributed by atoms with Gasteiger partial charge in [0.2, 0.25) is 0 Å². The summed E-state index contributed by atoms with van der Waals surface area (Å²) >= 11 is 5.75. The smallest absolute Gasteiger partial charge is 0.305 e. The van der Waals surface area contributed by atoms with E-state index >= 15 is 0 Å². The summed E-state index contributed by atoms with van der Waals surface area (Å²) in [6.45, 7) is 2.66. The van der Waals surface area contributed by atoms with Gasteiger partial charge in [0.05, 0.1) is 18.5 Å². The minimum atomic E-state index is -0.443. The monoisotopic (exact) mass is 259 g/mol. The van der Waals surface area contributed by atoms with Gasteiger partial charge in [-0.05, 0) is 13.3 Å². The van der Waals surface area contributed by atoms with Gasteiger partial charge in [-0.3, -0.25) is 9.59 Å². The highest BCUT2D eigenvalue weighted by Gasteiger charge is 2.05. The number of carbonyl (C=O) groups excluding carboxylic acids is 1. The molecule has 0 radical (unpaired) electrons. The zero-order chi connectivity index (χ0) is 12.7. The van der Waals surface area contributed by atoms with Crippen molar-refractivity contribution in [1.82, 2.24) is 10.2 Å². The second-order valence-corrected chi connectivity index (χ2v) is 3.64. The van der Waals surface area contributed by atoms with Crippen molar-refractivity contribution in [3.63, 3.8) is 0 Å². The molecule has 7 heteroatoms. The number of aromatic nitrogens is 2. The van der Waals surface area contributed by atoms with Crippen molar-refractivity contribution in [3.05, 3.63) is 21.6 Å². The van der Waals surface area contributed by atoms with Crippen molar-refractivity contribution in [3.8, 4) is 0 Å². The minimum Gasteiger partial charge on any atom is -0.466 e. The van der Waals surface area contributed by atoms with E-state index in [0.717, 1.165) is 0 Å². The Kier molecular flexibility index (Phi) is 5.48. The van der Waals surface area contributed by atoms with Gasteiger partial charge in [0.15, 0.2) is 0 Å².